The predicted octanol–water partition coefficient (Wildman–Crippen LogP) is 2.68. The minimum atomic E-state index is -1.22. The van der Waals surface area contributed by atoms with E-state index in [9.17, 15) is 15.0 Å². The van der Waals surface area contributed by atoms with E-state index in [0.717, 1.165) is 0 Å². The van der Waals surface area contributed by atoms with Gasteiger partial charge in [-0.15, -0.1) is 4.91 Å². The van der Waals surface area contributed by atoms with Crippen LogP contribution in [0.5, 0.6) is 0 Å². The van der Waals surface area contributed by atoms with Crippen molar-refractivity contribution in [2.24, 2.45) is 5.18 Å². The van der Waals surface area contributed by atoms with Crippen molar-refractivity contribution in [3.05, 3.63) is 70.2 Å². The molecule has 1 aromatic carbocycles. The zero-order chi connectivity index (χ0) is 14.5. The highest BCUT2D eigenvalue weighted by molar-refractivity contribution is 5.93. The maximum absolute atomic E-state index is 11.1. The smallest absolute Gasteiger partial charge is 0.334 e. The molecular formula is C15H10N2O3. The molecule has 0 radical (unpaired) electrons. The fourth-order valence-corrected chi connectivity index (χ4v) is 1.94. The largest absolute Gasteiger partial charge is 0.478 e. The normalized spacial score (nSPS) is 19.8. The Hall–Kier alpha value is -3.00. The Morgan fingerprint density at radius 1 is 1.30 bits per heavy atom. The van der Waals surface area contributed by atoms with Crippen molar-refractivity contribution in [1.82, 2.24) is 0 Å². The van der Waals surface area contributed by atoms with Crippen LogP contribution in [0.2, 0.25) is 0 Å². The van der Waals surface area contributed by atoms with Gasteiger partial charge in [0.05, 0.1) is 11.1 Å². The Morgan fingerprint density at radius 3 is 2.55 bits per heavy atom. The fraction of sp³-hybridized carbons (Fsp3) is 0.0667. The number of hydrogen-bond donors (Lipinski definition) is 1. The average molecular weight is 266 g/mol. The third-order valence-corrected chi connectivity index (χ3v) is 2.91. The van der Waals surface area contributed by atoms with Crippen LogP contribution < -0.4 is 0 Å². The topological polar surface area (TPSA) is 90.5 Å². The maximum Gasteiger partial charge on any atom is 0.334 e. The molecule has 0 amide bonds. The summed E-state index contributed by atoms with van der Waals surface area (Å²) in [7, 11) is 0. The van der Waals surface area contributed by atoms with Crippen LogP contribution in [-0.4, -0.2) is 17.1 Å². The molecule has 0 aromatic heterocycles. The van der Waals surface area contributed by atoms with E-state index in [2.05, 4.69) is 11.2 Å². The van der Waals surface area contributed by atoms with E-state index in [4.69, 9.17) is 5.11 Å². The van der Waals surface area contributed by atoms with Gasteiger partial charge in [-0.3, -0.25) is 0 Å². The Bertz CT molecular complexity index is 679. The molecule has 0 fully saturated rings. The molecule has 20 heavy (non-hydrogen) atoms. The molecule has 1 atom stereocenters. The number of carboxylic acid groups (broad SMARTS) is 1. The Balaban J connectivity index is 2.56. The minimum Gasteiger partial charge on any atom is -0.478 e. The first-order chi connectivity index (χ1) is 9.67. The second kappa shape index (κ2) is 5.76. The number of rotatable bonds is 3. The SMILES string of the molecule is N#CC(=C1C=CC(N=O)C(C(=O)O)=C1)c1ccccc1. The minimum absolute atomic E-state index is 0.138. The Kier molecular flexibility index (Phi) is 3.87. The molecule has 0 bridgehead atoms. The van der Waals surface area contributed by atoms with Gasteiger partial charge in [-0.05, 0) is 17.2 Å². The molecule has 1 aromatic rings. The van der Waals surface area contributed by atoms with Crippen LogP contribution >= 0.6 is 0 Å². The highest BCUT2D eigenvalue weighted by atomic mass is 16.4. The first kappa shape index (κ1) is 13.4. The third kappa shape index (κ3) is 2.54. The molecule has 1 unspecified atom stereocenters. The highest BCUT2D eigenvalue weighted by Gasteiger charge is 2.23. The lowest BCUT2D eigenvalue weighted by Crippen LogP contribution is -2.16. The Labute approximate surface area is 115 Å². The number of nitrogens with zero attached hydrogens (tertiary/aromatic N) is 2. The van der Waals surface area contributed by atoms with Gasteiger partial charge < -0.3 is 5.11 Å². The van der Waals surface area contributed by atoms with Crippen LogP contribution in [0, 0.1) is 16.2 Å². The summed E-state index contributed by atoms with van der Waals surface area (Å²) < 4.78 is 0. The summed E-state index contributed by atoms with van der Waals surface area (Å²) in [5.74, 6) is -1.22. The molecule has 5 heteroatoms. The number of benzene rings is 1. The van der Waals surface area contributed by atoms with E-state index < -0.39 is 12.0 Å². The van der Waals surface area contributed by atoms with Crippen LogP contribution in [0.4, 0.5) is 0 Å². The standard InChI is InChI=1S/C15H10N2O3/c16-9-13(10-4-2-1-3-5-10)11-6-7-14(17-20)12(8-11)15(18)19/h1-8,14H,(H,18,19). The summed E-state index contributed by atoms with van der Waals surface area (Å²) in [6.45, 7) is 0. The molecule has 98 valence electrons. The van der Waals surface area contributed by atoms with Crippen molar-refractivity contribution < 1.29 is 9.90 Å². The molecule has 0 heterocycles. The Morgan fingerprint density at radius 2 is 2.00 bits per heavy atom. The third-order valence-electron chi connectivity index (χ3n) is 2.91. The van der Waals surface area contributed by atoms with E-state index in [1.165, 1.54) is 12.2 Å². The van der Waals surface area contributed by atoms with Gasteiger partial charge in [-0.1, -0.05) is 47.7 Å². The monoisotopic (exact) mass is 266 g/mol. The van der Waals surface area contributed by atoms with Gasteiger partial charge in [-0.2, -0.15) is 5.26 Å². The van der Waals surface area contributed by atoms with Gasteiger partial charge >= 0.3 is 5.97 Å². The van der Waals surface area contributed by atoms with Crippen molar-refractivity contribution in [1.29, 1.82) is 5.26 Å². The number of carbonyl (C=O) groups is 1. The van der Waals surface area contributed by atoms with E-state index in [0.29, 0.717) is 16.7 Å². The van der Waals surface area contributed by atoms with Crippen LogP contribution in [-0.2, 0) is 4.79 Å². The van der Waals surface area contributed by atoms with E-state index in [1.807, 2.05) is 6.07 Å². The van der Waals surface area contributed by atoms with Gasteiger partial charge in [0.25, 0.3) is 0 Å². The van der Waals surface area contributed by atoms with Crippen molar-refractivity contribution in [3.63, 3.8) is 0 Å². The van der Waals surface area contributed by atoms with E-state index in [1.54, 1.807) is 30.3 Å². The van der Waals surface area contributed by atoms with Crippen molar-refractivity contribution in [2.45, 2.75) is 6.04 Å². The molecule has 2 rings (SSSR count). The molecule has 0 spiro atoms. The first-order valence-electron chi connectivity index (χ1n) is 5.82. The number of nitroso groups, excluding NO2 is 1. The summed E-state index contributed by atoms with van der Waals surface area (Å²) in [5.41, 5.74) is 1.36. The number of hydrogen-bond acceptors (Lipinski definition) is 4. The van der Waals surface area contributed by atoms with E-state index >= 15 is 0 Å². The van der Waals surface area contributed by atoms with Gasteiger partial charge in [-0.25, -0.2) is 4.79 Å². The highest BCUT2D eigenvalue weighted by Crippen LogP contribution is 2.26. The molecule has 0 saturated carbocycles. The summed E-state index contributed by atoms with van der Waals surface area (Å²) >= 11 is 0. The lowest BCUT2D eigenvalue weighted by atomic mass is 9.92. The van der Waals surface area contributed by atoms with Crippen molar-refractivity contribution >= 4 is 11.5 Å². The van der Waals surface area contributed by atoms with Gasteiger partial charge in [0.15, 0.2) is 0 Å². The second-order valence-corrected chi connectivity index (χ2v) is 4.12. The lowest BCUT2D eigenvalue weighted by Gasteiger charge is -2.12. The van der Waals surface area contributed by atoms with Crippen LogP contribution in [0.25, 0.3) is 5.57 Å². The zero-order valence-electron chi connectivity index (χ0n) is 10.4. The molecule has 0 aliphatic heterocycles. The second-order valence-electron chi connectivity index (χ2n) is 4.12. The lowest BCUT2D eigenvalue weighted by molar-refractivity contribution is -0.132. The molecule has 5 nitrogen and oxygen atoms in total. The van der Waals surface area contributed by atoms with Gasteiger partial charge in [0, 0.05) is 0 Å². The summed E-state index contributed by atoms with van der Waals surface area (Å²) in [4.78, 5) is 21.7. The molecule has 1 aliphatic rings. The quantitative estimate of drug-likeness (QED) is 0.672. The average Bonchev–Trinajstić information content (AvgIpc) is 2.49. The molecular weight excluding hydrogens is 256 g/mol. The zero-order valence-corrected chi connectivity index (χ0v) is 10.4. The van der Waals surface area contributed by atoms with Crippen LogP contribution in [0.15, 0.2) is 64.9 Å². The number of nitriles is 1. The van der Waals surface area contributed by atoms with Crippen LogP contribution in [0.3, 0.4) is 0 Å². The van der Waals surface area contributed by atoms with Gasteiger partial charge in [0.2, 0.25) is 0 Å². The van der Waals surface area contributed by atoms with Crippen molar-refractivity contribution in [3.8, 4) is 6.07 Å². The summed E-state index contributed by atoms with van der Waals surface area (Å²) in [6.07, 6.45) is 4.25. The van der Waals surface area contributed by atoms with Crippen molar-refractivity contribution in [2.75, 3.05) is 0 Å². The molecule has 1 aliphatic carbocycles. The fourth-order valence-electron chi connectivity index (χ4n) is 1.94. The van der Waals surface area contributed by atoms with E-state index in [-0.39, 0.29) is 5.57 Å². The van der Waals surface area contributed by atoms with Gasteiger partial charge in [0.1, 0.15) is 12.1 Å². The molecule has 0 saturated heterocycles. The summed E-state index contributed by atoms with van der Waals surface area (Å²) in [6, 6.07) is 9.97. The molecule has 1 N–H and O–H groups in total. The number of allylic oxidation sites excluding steroid dienone is 4. The summed E-state index contributed by atoms with van der Waals surface area (Å²) in [5, 5.41) is 21.1. The number of carboxylic acids is 1. The van der Waals surface area contributed by atoms with Crippen LogP contribution in [0.1, 0.15) is 5.56 Å². The predicted molar refractivity (Wildman–Crippen MR) is 73.4 cm³/mol. The first-order valence-corrected chi connectivity index (χ1v) is 5.82. The maximum atomic E-state index is 11.1. The number of aliphatic carboxylic acids is 1.